The van der Waals surface area contributed by atoms with Crippen molar-refractivity contribution in [1.29, 1.82) is 0 Å². The average molecular weight is 243 g/mol. The van der Waals surface area contributed by atoms with E-state index in [1.165, 1.54) is 10.9 Å². The topological polar surface area (TPSA) is 38.1 Å². The Kier molecular flexibility index (Phi) is 2.84. The Bertz CT molecular complexity index is 482. The smallest absolute Gasteiger partial charge is 0.173 e. The van der Waals surface area contributed by atoms with Crippen molar-refractivity contribution < 1.29 is 5.11 Å². The fraction of sp³-hybridized carbons (Fsp3) is 0.100. The van der Waals surface area contributed by atoms with Crippen LogP contribution in [-0.4, -0.2) is 14.9 Å². The summed E-state index contributed by atoms with van der Waals surface area (Å²) >= 11 is 11.7. The minimum Gasteiger partial charge on any atom is -0.504 e. The van der Waals surface area contributed by atoms with Crippen LogP contribution in [0.25, 0.3) is 0 Å². The lowest BCUT2D eigenvalue weighted by molar-refractivity contribution is 0.474. The van der Waals surface area contributed by atoms with Gasteiger partial charge in [-0.2, -0.15) is 5.10 Å². The summed E-state index contributed by atoms with van der Waals surface area (Å²) in [4.78, 5) is 0. The van der Waals surface area contributed by atoms with Crippen LogP contribution in [0.1, 0.15) is 5.56 Å². The zero-order chi connectivity index (χ0) is 10.8. The third kappa shape index (κ3) is 2.25. The number of aromatic hydroxyl groups is 1. The van der Waals surface area contributed by atoms with Gasteiger partial charge in [-0.05, 0) is 17.7 Å². The number of hydrogen-bond acceptors (Lipinski definition) is 2. The highest BCUT2D eigenvalue weighted by Crippen LogP contribution is 2.22. The van der Waals surface area contributed by atoms with Gasteiger partial charge >= 0.3 is 0 Å². The van der Waals surface area contributed by atoms with Crippen LogP contribution in [0.15, 0.2) is 30.5 Å². The Labute approximate surface area is 96.9 Å². The molecule has 0 radical (unpaired) electrons. The van der Waals surface area contributed by atoms with Gasteiger partial charge in [0, 0.05) is 5.02 Å². The quantitative estimate of drug-likeness (QED) is 0.880. The predicted octanol–water partition coefficient (Wildman–Crippen LogP) is 2.94. The van der Waals surface area contributed by atoms with Crippen molar-refractivity contribution in [3.63, 3.8) is 0 Å². The van der Waals surface area contributed by atoms with E-state index in [1.54, 1.807) is 6.07 Å². The molecule has 1 heterocycles. The molecule has 2 aromatic rings. The molecule has 3 nitrogen and oxygen atoms in total. The Morgan fingerprint density at radius 1 is 1.33 bits per heavy atom. The van der Waals surface area contributed by atoms with Crippen molar-refractivity contribution >= 4 is 23.2 Å². The van der Waals surface area contributed by atoms with Gasteiger partial charge in [-0.25, -0.2) is 4.68 Å². The van der Waals surface area contributed by atoms with E-state index in [-0.39, 0.29) is 10.9 Å². The monoisotopic (exact) mass is 242 g/mol. The molecule has 0 bridgehead atoms. The third-order valence-corrected chi connectivity index (χ3v) is 2.60. The lowest BCUT2D eigenvalue weighted by Crippen LogP contribution is -2.01. The molecule has 0 unspecified atom stereocenters. The van der Waals surface area contributed by atoms with E-state index in [0.717, 1.165) is 5.56 Å². The van der Waals surface area contributed by atoms with Crippen LogP contribution in [0.5, 0.6) is 5.75 Å². The van der Waals surface area contributed by atoms with Crippen LogP contribution >= 0.6 is 23.2 Å². The molecule has 2 rings (SSSR count). The first-order valence-corrected chi connectivity index (χ1v) is 5.07. The summed E-state index contributed by atoms with van der Waals surface area (Å²) in [6, 6.07) is 7.40. The molecule has 0 aliphatic carbocycles. The molecule has 0 saturated heterocycles. The van der Waals surface area contributed by atoms with Gasteiger partial charge in [-0.1, -0.05) is 35.3 Å². The molecule has 0 amide bonds. The molecule has 0 fully saturated rings. The number of nitrogens with zero attached hydrogens (tertiary/aromatic N) is 2. The Balaban J connectivity index is 2.26. The van der Waals surface area contributed by atoms with E-state index >= 15 is 0 Å². The van der Waals surface area contributed by atoms with Crippen LogP contribution in [0, 0.1) is 0 Å². The van der Waals surface area contributed by atoms with E-state index in [4.69, 9.17) is 23.2 Å². The second-order valence-electron chi connectivity index (χ2n) is 3.11. The molecule has 5 heteroatoms. The third-order valence-electron chi connectivity index (χ3n) is 1.98. The van der Waals surface area contributed by atoms with Crippen LogP contribution < -0.4 is 0 Å². The number of rotatable bonds is 2. The highest BCUT2D eigenvalue weighted by Gasteiger charge is 2.06. The van der Waals surface area contributed by atoms with E-state index < -0.39 is 0 Å². The Morgan fingerprint density at radius 2 is 2.13 bits per heavy atom. The number of benzene rings is 1. The van der Waals surface area contributed by atoms with E-state index in [1.807, 2.05) is 18.2 Å². The van der Waals surface area contributed by atoms with Crippen LogP contribution in [-0.2, 0) is 6.54 Å². The summed E-state index contributed by atoms with van der Waals surface area (Å²) in [6.07, 6.45) is 1.31. The molecule has 78 valence electrons. The minimum atomic E-state index is -0.0151. The second-order valence-corrected chi connectivity index (χ2v) is 3.90. The van der Waals surface area contributed by atoms with Crippen LogP contribution in [0.4, 0.5) is 0 Å². The molecule has 1 aromatic heterocycles. The largest absolute Gasteiger partial charge is 0.504 e. The normalized spacial score (nSPS) is 10.5. The van der Waals surface area contributed by atoms with Crippen molar-refractivity contribution in [2.75, 3.05) is 0 Å². The first kappa shape index (κ1) is 10.3. The SMILES string of the molecule is Oc1cnn(Cc2cccc(Cl)c2)c1Cl. The summed E-state index contributed by atoms with van der Waals surface area (Å²) in [6.45, 7) is 0.486. The van der Waals surface area contributed by atoms with Gasteiger partial charge < -0.3 is 5.11 Å². The van der Waals surface area contributed by atoms with Crippen molar-refractivity contribution in [2.24, 2.45) is 0 Å². The number of aromatic nitrogens is 2. The molecular weight excluding hydrogens is 235 g/mol. The maximum Gasteiger partial charge on any atom is 0.173 e. The van der Waals surface area contributed by atoms with Gasteiger partial charge in [0.2, 0.25) is 0 Å². The molecule has 1 N–H and O–H groups in total. The second kappa shape index (κ2) is 4.13. The Morgan fingerprint density at radius 3 is 2.73 bits per heavy atom. The van der Waals surface area contributed by atoms with E-state index in [0.29, 0.717) is 11.6 Å². The van der Waals surface area contributed by atoms with Gasteiger partial charge in [0.25, 0.3) is 0 Å². The lowest BCUT2D eigenvalue weighted by atomic mass is 10.2. The van der Waals surface area contributed by atoms with Gasteiger partial charge in [0.1, 0.15) is 0 Å². The van der Waals surface area contributed by atoms with Crippen LogP contribution in [0.3, 0.4) is 0 Å². The Hall–Kier alpha value is -1.19. The van der Waals surface area contributed by atoms with Crippen LogP contribution in [0.2, 0.25) is 10.2 Å². The molecule has 0 atom stereocenters. The molecule has 0 spiro atoms. The van der Waals surface area contributed by atoms with Crippen molar-refractivity contribution in [3.05, 3.63) is 46.2 Å². The lowest BCUT2D eigenvalue weighted by Gasteiger charge is -2.03. The van der Waals surface area contributed by atoms with Crippen molar-refractivity contribution in [1.82, 2.24) is 9.78 Å². The predicted molar refractivity (Wildman–Crippen MR) is 59.5 cm³/mol. The summed E-state index contributed by atoms with van der Waals surface area (Å²) in [7, 11) is 0. The van der Waals surface area contributed by atoms with E-state index in [9.17, 15) is 5.11 Å². The van der Waals surface area contributed by atoms with Gasteiger partial charge in [0.15, 0.2) is 10.9 Å². The fourth-order valence-electron chi connectivity index (χ4n) is 1.28. The van der Waals surface area contributed by atoms with Gasteiger partial charge in [-0.3, -0.25) is 0 Å². The maximum atomic E-state index is 9.23. The van der Waals surface area contributed by atoms with Gasteiger partial charge in [-0.15, -0.1) is 0 Å². The standard InChI is InChI=1S/C10H8Cl2N2O/c11-8-3-1-2-7(4-8)6-14-10(12)9(15)5-13-14/h1-5,15H,6H2. The molecular formula is C10H8Cl2N2O. The zero-order valence-electron chi connectivity index (χ0n) is 7.69. The fourth-order valence-corrected chi connectivity index (χ4v) is 1.64. The molecule has 0 aliphatic heterocycles. The van der Waals surface area contributed by atoms with Crippen molar-refractivity contribution in [3.8, 4) is 5.75 Å². The number of hydrogen-bond donors (Lipinski definition) is 1. The molecule has 0 aliphatic rings. The minimum absolute atomic E-state index is 0.0151. The van der Waals surface area contributed by atoms with Gasteiger partial charge in [0.05, 0.1) is 12.7 Å². The zero-order valence-corrected chi connectivity index (χ0v) is 9.20. The summed E-state index contributed by atoms with van der Waals surface area (Å²) in [5.74, 6) is -0.0151. The molecule has 0 saturated carbocycles. The van der Waals surface area contributed by atoms with Crippen molar-refractivity contribution in [2.45, 2.75) is 6.54 Å². The maximum absolute atomic E-state index is 9.23. The number of halogens is 2. The highest BCUT2D eigenvalue weighted by molar-refractivity contribution is 6.31. The summed E-state index contributed by atoms with van der Waals surface area (Å²) in [5.41, 5.74) is 0.979. The summed E-state index contributed by atoms with van der Waals surface area (Å²) in [5, 5.41) is 14.1. The summed E-state index contributed by atoms with van der Waals surface area (Å²) < 4.78 is 1.50. The molecule has 15 heavy (non-hydrogen) atoms. The van der Waals surface area contributed by atoms with E-state index in [2.05, 4.69) is 5.10 Å². The average Bonchev–Trinajstić information content (AvgIpc) is 2.50. The first-order valence-electron chi connectivity index (χ1n) is 4.31. The molecule has 1 aromatic carbocycles. The first-order chi connectivity index (χ1) is 7.16. The highest BCUT2D eigenvalue weighted by atomic mass is 35.5.